The summed E-state index contributed by atoms with van der Waals surface area (Å²) in [5.74, 6) is -0.247. The molecule has 0 aliphatic carbocycles. The number of carbonyl (C=O) groups excluding carboxylic acids is 2. The maximum absolute atomic E-state index is 12.0. The summed E-state index contributed by atoms with van der Waals surface area (Å²) >= 11 is 11.8. The maximum atomic E-state index is 12.0. The van der Waals surface area contributed by atoms with Crippen molar-refractivity contribution in [1.29, 1.82) is 0 Å². The van der Waals surface area contributed by atoms with Crippen LogP contribution in [0.15, 0.2) is 48.5 Å². The molecule has 0 amide bonds. The second kappa shape index (κ2) is 13.9. The summed E-state index contributed by atoms with van der Waals surface area (Å²) < 4.78 is 10.2. The molecule has 2 aromatic carbocycles. The highest BCUT2D eigenvalue weighted by Gasteiger charge is 2.10. The fourth-order valence-corrected chi connectivity index (χ4v) is 3.17. The van der Waals surface area contributed by atoms with Gasteiger partial charge in [0.15, 0.2) is 0 Å². The quantitative estimate of drug-likeness (QED) is 0.177. The molecule has 0 N–H and O–H groups in total. The number of benzene rings is 2. The molecule has 0 saturated heterocycles. The van der Waals surface area contributed by atoms with Crippen molar-refractivity contribution in [2.45, 2.75) is 26.2 Å². The van der Waals surface area contributed by atoms with Gasteiger partial charge in [0.1, 0.15) is 13.2 Å². The van der Waals surface area contributed by atoms with Gasteiger partial charge < -0.3 is 9.47 Å². The molecule has 0 heterocycles. The van der Waals surface area contributed by atoms with Crippen molar-refractivity contribution in [2.75, 3.05) is 37.3 Å². The van der Waals surface area contributed by atoms with Crippen molar-refractivity contribution in [2.24, 2.45) is 0 Å². The lowest BCUT2D eigenvalue weighted by Gasteiger charge is -2.23. The van der Waals surface area contributed by atoms with Crippen molar-refractivity contribution in [3.05, 3.63) is 64.7 Å². The van der Waals surface area contributed by atoms with Crippen molar-refractivity contribution in [3.8, 4) is 0 Å². The fraction of sp³-hybridized carbons (Fsp3) is 0.391. The Hall–Kier alpha value is -2.28. The number of alkyl halides is 1. The van der Waals surface area contributed by atoms with E-state index in [1.807, 2.05) is 24.3 Å². The molecule has 0 saturated carbocycles. The first-order valence-electron chi connectivity index (χ1n) is 10.2. The number of carbonyl (C=O) groups is 2. The molecule has 0 fully saturated rings. The number of hydroxylamine groups is 1. The van der Waals surface area contributed by atoms with E-state index in [-0.39, 0.29) is 19.2 Å². The van der Waals surface area contributed by atoms with Gasteiger partial charge in [-0.2, -0.15) is 0 Å². The highest BCUT2D eigenvalue weighted by Crippen LogP contribution is 2.17. The molecule has 6 nitrogen and oxygen atoms in total. The molecule has 168 valence electrons. The molecule has 0 spiro atoms. The summed E-state index contributed by atoms with van der Waals surface area (Å²) in [5, 5.41) is 2.14. The van der Waals surface area contributed by atoms with Crippen molar-refractivity contribution < 1.29 is 23.9 Å². The lowest BCUT2D eigenvalue weighted by molar-refractivity contribution is -0.143. The van der Waals surface area contributed by atoms with Crippen LogP contribution >= 0.6 is 23.2 Å². The average molecular weight is 468 g/mol. The van der Waals surface area contributed by atoms with E-state index < -0.39 is 5.97 Å². The Balaban J connectivity index is 1.79. The highest BCUT2D eigenvalue weighted by molar-refractivity contribution is 6.30. The maximum Gasteiger partial charge on any atom is 0.338 e. The standard InChI is InChI=1S/C23H27Cl2NO5/c1-2-29-22(27)8-3-5-18-9-11-21(12-10-18)26(14-13-24)31-16-15-30-23(28)19-6-4-7-20(25)17-19/h4,6-7,9-12,17H,2-3,5,8,13-16H2,1H3. The highest BCUT2D eigenvalue weighted by atomic mass is 35.5. The fourth-order valence-electron chi connectivity index (χ4n) is 2.82. The van der Waals surface area contributed by atoms with Crippen LogP contribution in [-0.4, -0.2) is 44.2 Å². The lowest BCUT2D eigenvalue weighted by atomic mass is 10.1. The number of hydrogen-bond acceptors (Lipinski definition) is 6. The summed E-state index contributed by atoms with van der Waals surface area (Å²) in [4.78, 5) is 29.2. The number of rotatable bonds is 13. The third-order valence-electron chi connectivity index (χ3n) is 4.29. The number of ether oxygens (including phenoxy) is 2. The zero-order valence-corrected chi connectivity index (χ0v) is 19.0. The molecule has 31 heavy (non-hydrogen) atoms. The number of halogens is 2. The van der Waals surface area contributed by atoms with Gasteiger partial charge >= 0.3 is 11.9 Å². The largest absolute Gasteiger partial charge is 0.466 e. The first kappa shape index (κ1) is 25.0. The van der Waals surface area contributed by atoms with Gasteiger partial charge in [-0.05, 0) is 55.7 Å². The van der Waals surface area contributed by atoms with Crippen molar-refractivity contribution in [3.63, 3.8) is 0 Å². The Morgan fingerprint density at radius 3 is 2.48 bits per heavy atom. The molecule has 0 bridgehead atoms. The SMILES string of the molecule is CCOC(=O)CCCc1ccc(N(CCCl)OCCOC(=O)c2cccc(Cl)c2)cc1. The van der Waals surface area contributed by atoms with Gasteiger partial charge in [-0.15, -0.1) is 11.6 Å². The topological polar surface area (TPSA) is 65.1 Å². The van der Waals surface area contributed by atoms with Crippen molar-refractivity contribution >= 4 is 40.8 Å². The summed E-state index contributed by atoms with van der Waals surface area (Å²) in [5.41, 5.74) is 2.36. The zero-order valence-electron chi connectivity index (χ0n) is 17.5. The smallest absolute Gasteiger partial charge is 0.338 e. The van der Waals surface area contributed by atoms with Crippen LogP contribution in [0.5, 0.6) is 0 Å². The molecular weight excluding hydrogens is 441 g/mol. The Morgan fingerprint density at radius 2 is 1.81 bits per heavy atom. The van der Waals surface area contributed by atoms with Gasteiger partial charge in [0.2, 0.25) is 0 Å². The number of hydrogen-bond donors (Lipinski definition) is 0. The summed E-state index contributed by atoms with van der Waals surface area (Å²) in [6, 6.07) is 14.4. The van der Waals surface area contributed by atoms with E-state index in [9.17, 15) is 9.59 Å². The minimum Gasteiger partial charge on any atom is -0.466 e. The van der Waals surface area contributed by atoms with Crippen molar-refractivity contribution in [1.82, 2.24) is 0 Å². The number of nitrogens with zero attached hydrogens (tertiary/aromatic N) is 1. The third kappa shape index (κ3) is 9.17. The Morgan fingerprint density at radius 1 is 1.03 bits per heavy atom. The van der Waals surface area contributed by atoms with Crippen LogP contribution in [0.3, 0.4) is 0 Å². The average Bonchev–Trinajstić information content (AvgIpc) is 2.76. The van der Waals surface area contributed by atoms with Gasteiger partial charge in [0, 0.05) is 17.3 Å². The molecule has 0 aromatic heterocycles. The minimum atomic E-state index is -0.456. The second-order valence-corrected chi connectivity index (χ2v) is 7.41. The van der Waals surface area contributed by atoms with Crippen LogP contribution in [0.25, 0.3) is 0 Å². The summed E-state index contributed by atoms with van der Waals surface area (Å²) in [6.07, 6.45) is 1.93. The summed E-state index contributed by atoms with van der Waals surface area (Å²) in [6.45, 7) is 2.96. The Bertz CT molecular complexity index is 829. The van der Waals surface area contributed by atoms with Crippen LogP contribution in [0.2, 0.25) is 5.02 Å². The van der Waals surface area contributed by atoms with E-state index in [4.69, 9.17) is 37.5 Å². The van der Waals surface area contributed by atoms with Crippen LogP contribution in [0.4, 0.5) is 5.69 Å². The van der Waals surface area contributed by atoms with E-state index >= 15 is 0 Å². The molecule has 0 aliphatic heterocycles. The monoisotopic (exact) mass is 467 g/mol. The molecule has 0 unspecified atom stereocenters. The molecular formula is C23H27Cl2NO5. The molecule has 0 atom stereocenters. The number of esters is 2. The van der Waals surface area contributed by atoms with E-state index in [2.05, 4.69) is 0 Å². The second-order valence-electron chi connectivity index (χ2n) is 6.60. The Kier molecular flexibility index (Phi) is 11.2. The van der Waals surface area contributed by atoms with Gasteiger partial charge in [-0.3, -0.25) is 14.7 Å². The van der Waals surface area contributed by atoms with E-state index in [0.29, 0.717) is 36.0 Å². The molecule has 0 radical (unpaired) electrons. The van der Waals surface area contributed by atoms with Gasteiger partial charge in [-0.25, -0.2) is 4.79 Å². The van der Waals surface area contributed by atoms with Crippen LogP contribution < -0.4 is 5.06 Å². The minimum absolute atomic E-state index is 0.0933. The third-order valence-corrected chi connectivity index (χ3v) is 4.69. The molecule has 0 aliphatic rings. The van der Waals surface area contributed by atoms with Crippen LogP contribution in [0.1, 0.15) is 35.7 Å². The van der Waals surface area contributed by atoms with E-state index in [1.54, 1.807) is 36.3 Å². The van der Waals surface area contributed by atoms with Gasteiger partial charge in [0.25, 0.3) is 0 Å². The van der Waals surface area contributed by atoms with Crippen LogP contribution in [0, 0.1) is 0 Å². The van der Waals surface area contributed by atoms with Gasteiger partial charge in [0.05, 0.1) is 24.4 Å². The predicted molar refractivity (Wildman–Crippen MR) is 122 cm³/mol. The molecule has 8 heteroatoms. The first-order valence-corrected chi connectivity index (χ1v) is 11.1. The van der Waals surface area contributed by atoms with E-state index in [1.165, 1.54) is 0 Å². The normalized spacial score (nSPS) is 10.5. The summed E-state index contributed by atoms with van der Waals surface area (Å²) in [7, 11) is 0. The first-order chi connectivity index (χ1) is 15.0. The zero-order chi connectivity index (χ0) is 22.5. The number of aryl methyl sites for hydroxylation is 1. The molecule has 2 aromatic rings. The van der Waals surface area contributed by atoms with Gasteiger partial charge in [-0.1, -0.05) is 29.8 Å². The lowest BCUT2D eigenvalue weighted by Crippen LogP contribution is -2.28. The van der Waals surface area contributed by atoms with E-state index in [0.717, 1.165) is 24.1 Å². The Labute approximate surface area is 192 Å². The molecule has 2 rings (SSSR count). The van der Waals surface area contributed by atoms with Crippen LogP contribution in [-0.2, 0) is 25.5 Å². The predicted octanol–water partition coefficient (Wildman–Crippen LogP) is 5.06. The number of anilines is 1.